The summed E-state index contributed by atoms with van der Waals surface area (Å²) < 4.78 is 7.44. The number of ether oxygens (including phenoxy) is 1. The Morgan fingerprint density at radius 3 is 3.43 bits per heavy atom. The Kier molecular flexibility index (Phi) is 1.83. The summed E-state index contributed by atoms with van der Waals surface area (Å²) in [6.45, 7) is 0.906. The molecule has 0 amide bonds. The van der Waals surface area contributed by atoms with E-state index in [1.54, 1.807) is 0 Å². The van der Waals surface area contributed by atoms with Crippen molar-refractivity contribution in [1.29, 1.82) is 0 Å². The third-order valence-electron chi connectivity index (χ3n) is 2.82. The molecule has 74 valence electrons. The van der Waals surface area contributed by atoms with Crippen molar-refractivity contribution >= 4 is 17.7 Å². The van der Waals surface area contributed by atoms with E-state index >= 15 is 0 Å². The first-order valence-electron chi connectivity index (χ1n) is 4.82. The van der Waals surface area contributed by atoms with E-state index in [0.717, 1.165) is 18.7 Å². The van der Waals surface area contributed by atoms with Gasteiger partial charge in [-0.2, -0.15) is 11.8 Å². The van der Waals surface area contributed by atoms with Crippen molar-refractivity contribution in [3.63, 3.8) is 0 Å². The summed E-state index contributed by atoms with van der Waals surface area (Å²) in [6.07, 6.45) is 3.09. The molecule has 0 saturated carbocycles. The van der Waals surface area contributed by atoms with Gasteiger partial charge in [0.2, 0.25) is 0 Å². The van der Waals surface area contributed by atoms with Gasteiger partial charge < -0.3 is 9.30 Å². The number of hydrogen-bond donors (Lipinski definition) is 0. The normalized spacial score (nSPS) is 30.4. The number of rotatable bonds is 0. The molecule has 3 heterocycles. The van der Waals surface area contributed by atoms with Gasteiger partial charge in [0.1, 0.15) is 11.8 Å². The summed E-state index contributed by atoms with van der Waals surface area (Å²) in [7, 11) is 0. The van der Waals surface area contributed by atoms with E-state index in [4.69, 9.17) is 4.74 Å². The van der Waals surface area contributed by atoms with Crippen LogP contribution in [0, 0.1) is 0 Å². The lowest BCUT2D eigenvalue weighted by atomic mass is 10.2. The van der Waals surface area contributed by atoms with Crippen LogP contribution in [0.25, 0.3) is 0 Å². The van der Waals surface area contributed by atoms with Gasteiger partial charge in [-0.05, 0) is 24.3 Å². The topological polar surface area (TPSA) is 31.2 Å². The number of nitrogens with zero attached hydrogens (tertiary/aromatic N) is 1. The fraction of sp³-hybridized carbons (Fsp3) is 0.500. The fourth-order valence-corrected chi connectivity index (χ4v) is 3.43. The molecule has 1 unspecified atom stereocenters. The summed E-state index contributed by atoms with van der Waals surface area (Å²) >= 11 is 1.91. The Labute approximate surface area is 86.4 Å². The molecule has 0 aliphatic carbocycles. The number of carbonyl (C=O) groups is 1. The van der Waals surface area contributed by atoms with Crippen molar-refractivity contribution in [2.75, 3.05) is 5.75 Å². The van der Waals surface area contributed by atoms with Gasteiger partial charge in [0.05, 0.1) is 5.25 Å². The van der Waals surface area contributed by atoms with Crippen LogP contribution in [0.15, 0.2) is 18.3 Å². The Balaban J connectivity index is 1.99. The number of hydrogen-bond acceptors (Lipinski definition) is 3. The quantitative estimate of drug-likeness (QED) is 0.607. The van der Waals surface area contributed by atoms with Gasteiger partial charge in [0.25, 0.3) is 0 Å². The molecule has 0 spiro atoms. The zero-order valence-corrected chi connectivity index (χ0v) is 8.50. The van der Waals surface area contributed by atoms with Gasteiger partial charge in [-0.25, -0.2) is 4.79 Å². The van der Waals surface area contributed by atoms with Crippen molar-refractivity contribution in [1.82, 2.24) is 4.57 Å². The smallest absolute Gasteiger partial charge is 0.355 e. The fourth-order valence-electron chi connectivity index (χ4n) is 2.08. The van der Waals surface area contributed by atoms with Gasteiger partial charge in [-0.3, -0.25) is 0 Å². The van der Waals surface area contributed by atoms with Crippen LogP contribution in [0.1, 0.15) is 16.9 Å². The Morgan fingerprint density at radius 1 is 1.57 bits per heavy atom. The molecule has 1 fully saturated rings. The molecule has 4 heteroatoms. The van der Waals surface area contributed by atoms with Gasteiger partial charge in [-0.1, -0.05) is 0 Å². The van der Waals surface area contributed by atoms with Crippen LogP contribution in [0.4, 0.5) is 0 Å². The highest BCUT2D eigenvalue weighted by Gasteiger charge is 2.35. The summed E-state index contributed by atoms with van der Waals surface area (Å²) in [4.78, 5) is 11.7. The predicted molar refractivity (Wildman–Crippen MR) is 54.5 cm³/mol. The summed E-state index contributed by atoms with van der Waals surface area (Å²) in [5, 5.41) is 0.451. The number of thioether (sulfide) groups is 1. The molecule has 0 aromatic carbocycles. The zero-order chi connectivity index (χ0) is 9.54. The van der Waals surface area contributed by atoms with E-state index in [-0.39, 0.29) is 12.1 Å². The molecular weight excluding hydrogens is 198 g/mol. The highest BCUT2D eigenvalue weighted by atomic mass is 32.2. The first-order chi connectivity index (χ1) is 6.84. The zero-order valence-electron chi connectivity index (χ0n) is 7.68. The minimum atomic E-state index is -0.162. The molecule has 1 aromatic rings. The predicted octanol–water partition coefficient (Wildman–Crippen LogP) is 1.53. The molecule has 2 aliphatic rings. The molecule has 2 atom stereocenters. The highest BCUT2D eigenvalue weighted by molar-refractivity contribution is 8.00. The van der Waals surface area contributed by atoms with Gasteiger partial charge in [0, 0.05) is 12.7 Å². The SMILES string of the molecule is O=C1O[C@@H]2CCSC2Cn2cccc21. The first kappa shape index (κ1) is 8.41. The lowest BCUT2D eigenvalue weighted by molar-refractivity contribution is 0.0324. The van der Waals surface area contributed by atoms with Gasteiger partial charge >= 0.3 is 5.97 Å². The first-order valence-corrected chi connectivity index (χ1v) is 5.87. The minimum absolute atomic E-state index is 0.132. The van der Waals surface area contributed by atoms with Crippen molar-refractivity contribution in [2.45, 2.75) is 24.3 Å². The van der Waals surface area contributed by atoms with Crippen molar-refractivity contribution in [3.8, 4) is 0 Å². The summed E-state index contributed by atoms with van der Waals surface area (Å²) in [5.74, 6) is 0.948. The highest BCUT2D eigenvalue weighted by Crippen LogP contribution is 2.33. The third kappa shape index (κ3) is 1.17. The maximum absolute atomic E-state index is 11.7. The Hall–Kier alpha value is -0.900. The minimum Gasteiger partial charge on any atom is -0.456 e. The molecule has 1 aromatic heterocycles. The van der Waals surface area contributed by atoms with E-state index in [0.29, 0.717) is 10.9 Å². The van der Waals surface area contributed by atoms with Gasteiger partial charge in [0.15, 0.2) is 0 Å². The van der Waals surface area contributed by atoms with Crippen LogP contribution in [0.2, 0.25) is 0 Å². The van der Waals surface area contributed by atoms with Crippen LogP contribution in [0.3, 0.4) is 0 Å². The number of fused-ring (bicyclic) bond motifs is 2. The van der Waals surface area contributed by atoms with E-state index < -0.39 is 0 Å². The number of aromatic nitrogens is 1. The second-order valence-corrected chi connectivity index (χ2v) is 5.03. The molecular formula is C10H11NO2S. The largest absolute Gasteiger partial charge is 0.456 e. The lowest BCUT2D eigenvalue weighted by Gasteiger charge is -2.14. The van der Waals surface area contributed by atoms with Crippen molar-refractivity contribution in [2.24, 2.45) is 0 Å². The monoisotopic (exact) mass is 209 g/mol. The average Bonchev–Trinajstić information content (AvgIpc) is 2.75. The van der Waals surface area contributed by atoms with Crippen molar-refractivity contribution in [3.05, 3.63) is 24.0 Å². The van der Waals surface area contributed by atoms with Crippen LogP contribution >= 0.6 is 11.8 Å². The maximum atomic E-state index is 11.7. The van der Waals surface area contributed by atoms with E-state index in [1.165, 1.54) is 0 Å². The van der Waals surface area contributed by atoms with Crippen LogP contribution < -0.4 is 0 Å². The summed E-state index contributed by atoms with van der Waals surface area (Å²) in [6, 6.07) is 3.73. The second kappa shape index (κ2) is 3.05. The van der Waals surface area contributed by atoms with Crippen LogP contribution in [0.5, 0.6) is 0 Å². The molecule has 2 aliphatic heterocycles. The molecule has 3 rings (SSSR count). The molecule has 14 heavy (non-hydrogen) atoms. The molecule has 3 nitrogen and oxygen atoms in total. The standard InChI is InChI=1S/C10H11NO2S/c12-10-7-2-1-4-11(7)6-9-8(13-10)3-5-14-9/h1-2,4,8-9H,3,5-6H2/t8-,9?/m1/s1. The Bertz CT molecular complexity index is 374. The number of carbonyl (C=O) groups excluding carboxylic acids is 1. The third-order valence-corrected chi connectivity index (χ3v) is 4.17. The Morgan fingerprint density at radius 2 is 2.50 bits per heavy atom. The number of esters is 1. The van der Waals surface area contributed by atoms with Crippen molar-refractivity contribution < 1.29 is 9.53 Å². The summed E-state index contributed by atoms with van der Waals surface area (Å²) in [5.41, 5.74) is 0.694. The van der Waals surface area contributed by atoms with Gasteiger partial charge in [-0.15, -0.1) is 0 Å². The van der Waals surface area contributed by atoms with E-state index in [1.807, 2.05) is 34.7 Å². The average molecular weight is 209 g/mol. The van der Waals surface area contributed by atoms with Crippen LogP contribution in [-0.2, 0) is 11.3 Å². The van der Waals surface area contributed by atoms with E-state index in [2.05, 4.69) is 0 Å². The lowest BCUT2D eigenvalue weighted by Crippen LogP contribution is -2.23. The second-order valence-electron chi connectivity index (χ2n) is 3.69. The maximum Gasteiger partial charge on any atom is 0.355 e. The molecule has 0 radical (unpaired) electrons. The van der Waals surface area contributed by atoms with E-state index in [9.17, 15) is 4.79 Å². The molecule has 0 bridgehead atoms. The van der Waals surface area contributed by atoms with Crippen LogP contribution in [-0.4, -0.2) is 27.6 Å². The molecule has 1 saturated heterocycles. The molecule has 0 N–H and O–H groups in total.